The van der Waals surface area contributed by atoms with Crippen molar-refractivity contribution in [1.29, 1.82) is 0 Å². The van der Waals surface area contributed by atoms with E-state index in [9.17, 15) is 23.3 Å². The lowest BCUT2D eigenvalue weighted by Crippen LogP contribution is -2.15. The quantitative estimate of drug-likeness (QED) is 0.440. The molecule has 2 N–H and O–H groups in total. The van der Waals surface area contributed by atoms with Crippen LogP contribution in [0.15, 0.2) is 17.0 Å². The van der Waals surface area contributed by atoms with Crippen molar-refractivity contribution in [2.75, 3.05) is 16.3 Å². The molecule has 1 aliphatic carbocycles. The molecule has 1 aliphatic rings. The summed E-state index contributed by atoms with van der Waals surface area (Å²) in [6.07, 6.45) is 8.13. The summed E-state index contributed by atoms with van der Waals surface area (Å²) < 4.78 is 26.0. The number of hydrogen-bond donors (Lipinski definition) is 2. The third-order valence-electron chi connectivity index (χ3n) is 4.47. The minimum atomic E-state index is -3.58. The highest BCUT2D eigenvalue weighted by molar-refractivity contribution is 8.00. The van der Waals surface area contributed by atoms with Crippen molar-refractivity contribution in [2.45, 2.75) is 68.4 Å². The zero-order valence-corrected chi connectivity index (χ0v) is 17.8. The Morgan fingerprint density at radius 2 is 1.93 bits per heavy atom. The molecule has 8 nitrogen and oxygen atoms in total. The van der Waals surface area contributed by atoms with Gasteiger partial charge in [0.05, 0.1) is 16.9 Å². The second-order valence-electron chi connectivity index (χ2n) is 7.03. The number of carbonyl (C=O) groups excluding carboxylic acids is 1. The number of unbranched alkanes of at least 4 members (excludes halogenated alkanes) is 1. The number of carbonyl (C=O) groups is 1. The summed E-state index contributed by atoms with van der Waals surface area (Å²) in [5.74, 6) is -0.331. The van der Waals surface area contributed by atoms with E-state index in [-0.39, 0.29) is 29.4 Å². The first-order chi connectivity index (χ1) is 13.2. The van der Waals surface area contributed by atoms with Gasteiger partial charge in [0.25, 0.3) is 5.69 Å². The summed E-state index contributed by atoms with van der Waals surface area (Å²) in [6, 6.07) is 2.72. The Labute approximate surface area is 170 Å². The zero-order valence-electron chi connectivity index (χ0n) is 16.2. The fourth-order valence-electron chi connectivity index (χ4n) is 3.11. The van der Waals surface area contributed by atoms with Crippen molar-refractivity contribution in [1.82, 2.24) is 0 Å². The Morgan fingerprint density at radius 1 is 1.25 bits per heavy atom. The van der Waals surface area contributed by atoms with Gasteiger partial charge in [-0.1, -0.05) is 32.6 Å². The average molecular weight is 430 g/mol. The van der Waals surface area contributed by atoms with Crippen molar-refractivity contribution in [3.05, 3.63) is 22.2 Å². The van der Waals surface area contributed by atoms with Crippen LogP contribution in [0.3, 0.4) is 0 Å². The molecule has 0 atom stereocenters. The fraction of sp³-hybridized carbons (Fsp3) is 0.611. The molecule has 1 saturated carbocycles. The molecular weight excluding hydrogens is 402 g/mol. The van der Waals surface area contributed by atoms with Crippen LogP contribution >= 0.6 is 11.8 Å². The van der Waals surface area contributed by atoms with E-state index in [4.69, 9.17) is 0 Å². The monoisotopic (exact) mass is 429 g/mol. The van der Waals surface area contributed by atoms with E-state index in [0.29, 0.717) is 16.6 Å². The lowest BCUT2D eigenvalue weighted by Gasteiger charge is -2.22. The second-order valence-corrected chi connectivity index (χ2v) is 10.1. The van der Waals surface area contributed by atoms with Crippen LogP contribution in [0.2, 0.25) is 0 Å². The topological polar surface area (TPSA) is 118 Å². The maximum Gasteiger partial charge on any atom is 0.294 e. The third kappa shape index (κ3) is 6.97. The number of nitrogens with one attached hydrogen (secondary N) is 2. The highest BCUT2D eigenvalue weighted by Crippen LogP contribution is 2.42. The highest BCUT2D eigenvalue weighted by Gasteiger charge is 2.24. The summed E-state index contributed by atoms with van der Waals surface area (Å²) in [7, 11) is -3.58. The van der Waals surface area contributed by atoms with E-state index in [2.05, 4.69) is 10.0 Å². The number of amides is 1. The second kappa shape index (κ2) is 10.1. The predicted octanol–water partition coefficient (Wildman–Crippen LogP) is 4.52. The maximum atomic E-state index is 12.1. The van der Waals surface area contributed by atoms with E-state index in [0.717, 1.165) is 38.4 Å². The standard InChI is InChI=1S/C18H27N3O5S2/c1-3-4-10-18(22)19-14-11-15(20-28(2,25)26)17(12-16(14)21(23)24)27-13-8-6-5-7-9-13/h11-13,20H,3-10H2,1-2H3,(H,19,22). The molecule has 0 bridgehead atoms. The fourth-order valence-corrected chi connectivity index (χ4v) is 5.09. The molecule has 0 radical (unpaired) electrons. The van der Waals surface area contributed by atoms with E-state index in [1.807, 2.05) is 6.92 Å². The van der Waals surface area contributed by atoms with Crippen LogP contribution in [0.1, 0.15) is 58.3 Å². The Bertz CT molecular complexity index is 821. The Balaban J connectivity index is 2.40. The number of nitro benzene ring substituents is 1. The first-order valence-corrected chi connectivity index (χ1v) is 12.2. The molecule has 28 heavy (non-hydrogen) atoms. The van der Waals surface area contributed by atoms with E-state index >= 15 is 0 Å². The molecule has 2 rings (SSSR count). The molecule has 0 heterocycles. The van der Waals surface area contributed by atoms with Gasteiger partial charge in [0.2, 0.25) is 15.9 Å². The number of benzene rings is 1. The van der Waals surface area contributed by atoms with Gasteiger partial charge in [0.15, 0.2) is 0 Å². The summed E-state index contributed by atoms with van der Waals surface area (Å²) in [5, 5.41) is 14.4. The lowest BCUT2D eigenvalue weighted by atomic mass is 10.0. The SMILES string of the molecule is CCCCC(=O)Nc1cc(NS(C)(=O)=O)c(SC2CCCCC2)cc1[N+](=O)[O-]. The van der Waals surface area contributed by atoms with Crippen molar-refractivity contribution < 1.29 is 18.1 Å². The smallest absolute Gasteiger partial charge is 0.294 e. The van der Waals surface area contributed by atoms with Crippen LogP contribution in [-0.4, -0.2) is 30.8 Å². The number of nitrogens with zero attached hydrogens (tertiary/aromatic N) is 1. The van der Waals surface area contributed by atoms with Crippen molar-refractivity contribution in [2.24, 2.45) is 0 Å². The van der Waals surface area contributed by atoms with E-state index in [1.54, 1.807) is 0 Å². The molecule has 1 amide bonds. The Morgan fingerprint density at radius 3 is 2.50 bits per heavy atom. The van der Waals surface area contributed by atoms with Crippen LogP contribution in [-0.2, 0) is 14.8 Å². The van der Waals surface area contributed by atoms with Gasteiger partial charge in [-0.15, -0.1) is 11.8 Å². The lowest BCUT2D eigenvalue weighted by molar-refractivity contribution is -0.384. The van der Waals surface area contributed by atoms with Gasteiger partial charge >= 0.3 is 0 Å². The van der Waals surface area contributed by atoms with E-state index < -0.39 is 14.9 Å². The number of thioether (sulfide) groups is 1. The van der Waals surface area contributed by atoms with Gasteiger partial charge in [-0.05, 0) is 25.3 Å². The third-order valence-corrected chi connectivity index (χ3v) is 6.45. The number of rotatable bonds is 9. The Hall–Kier alpha value is -1.81. The van der Waals surface area contributed by atoms with Crippen molar-refractivity contribution in [3.63, 3.8) is 0 Å². The summed E-state index contributed by atoms with van der Waals surface area (Å²) in [5.41, 5.74) is 0.0296. The molecule has 0 saturated heterocycles. The number of nitro groups is 1. The summed E-state index contributed by atoms with van der Waals surface area (Å²) in [4.78, 5) is 23.6. The maximum absolute atomic E-state index is 12.1. The molecule has 0 unspecified atom stereocenters. The average Bonchev–Trinajstić information content (AvgIpc) is 2.61. The molecule has 1 aromatic carbocycles. The largest absolute Gasteiger partial charge is 0.320 e. The Kier molecular flexibility index (Phi) is 8.11. The molecule has 0 aliphatic heterocycles. The van der Waals surface area contributed by atoms with Gasteiger partial charge in [-0.25, -0.2) is 8.42 Å². The summed E-state index contributed by atoms with van der Waals surface area (Å²) in [6.45, 7) is 1.95. The van der Waals surface area contributed by atoms with Gasteiger partial charge in [-0.2, -0.15) is 0 Å². The minimum Gasteiger partial charge on any atom is -0.320 e. The minimum absolute atomic E-state index is 0.00486. The van der Waals surface area contributed by atoms with Crippen LogP contribution in [0.5, 0.6) is 0 Å². The molecule has 0 spiro atoms. The predicted molar refractivity (Wildman–Crippen MR) is 112 cm³/mol. The van der Waals surface area contributed by atoms with Gasteiger partial charge in [-0.3, -0.25) is 19.6 Å². The number of sulfonamides is 1. The molecule has 1 fully saturated rings. The molecule has 156 valence electrons. The van der Waals surface area contributed by atoms with E-state index in [1.165, 1.54) is 30.3 Å². The van der Waals surface area contributed by atoms with Crippen LogP contribution in [0.25, 0.3) is 0 Å². The number of hydrogen-bond acceptors (Lipinski definition) is 6. The molecule has 0 aromatic heterocycles. The number of anilines is 2. The first-order valence-electron chi connectivity index (χ1n) is 9.46. The van der Waals surface area contributed by atoms with Crippen LogP contribution < -0.4 is 10.0 Å². The summed E-state index contributed by atoms with van der Waals surface area (Å²) >= 11 is 1.46. The van der Waals surface area contributed by atoms with Gasteiger partial charge in [0, 0.05) is 22.6 Å². The normalized spacial score (nSPS) is 15.2. The van der Waals surface area contributed by atoms with Crippen LogP contribution in [0, 0.1) is 10.1 Å². The highest BCUT2D eigenvalue weighted by atomic mass is 32.2. The van der Waals surface area contributed by atoms with Gasteiger partial charge in [0.1, 0.15) is 5.69 Å². The first kappa shape index (κ1) is 22.5. The molecule has 1 aromatic rings. The molecular formula is C18H27N3O5S2. The molecule has 10 heteroatoms. The van der Waals surface area contributed by atoms with Crippen molar-refractivity contribution >= 4 is 44.8 Å². The zero-order chi connectivity index (χ0) is 20.7. The van der Waals surface area contributed by atoms with Gasteiger partial charge < -0.3 is 5.32 Å². The van der Waals surface area contributed by atoms with Crippen molar-refractivity contribution in [3.8, 4) is 0 Å². The van der Waals surface area contributed by atoms with Crippen LogP contribution in [0.4, 0.5) is 17.1 Å².